The quantitative estimate of drug-likeness (QED) is 0.513. The Morgan fingerprint density at radius 1 is 1.65 bits per heavy atom. The molecule has 3 rings (SSSR count). The summed E-state index contributed by atoms with van der Waals surface area (Å²) in [6.07, 6.45) is 0.217. The molecule has 1 saturated heterocycles. The summed E-state index contributed by atoms with van der Waals surface area (Å²) in [6.45, 7) is -0.260. The largest absolute Gasteiger partial charge is 0.394 e. The van der Waals surface area contributed by atoms with E-state index in [1.54, 1.807) is 10.8 Å². The Hall–Kier alpha value is -1.17. The summed E-state index contributed by atoms with van der Waals surface area (Å²) in [5.41, 5.74) is 5.68. The molecule has 1 aliphatic rings. The fourth-order valence-corrected chi connectivity index (χ4v) is 3.25. The van der Waals surface area contributed by atoms with Crippen molar-refractivity contribution in [1.29, 1.82) is 0 Å². The number of nitrogens with zero attached hydrogens (tertiary/aromatic N) is 2. The first-order chi connectivity index (χ1) is 9.51. The summed E-state index contributed by atoms with van der Waals surface area (Å²) < 4.78 is 8.07. The minimum absolute atomic E-state index is 0.250. The Balaban J connectivity index is 2.11. The number of nitrogens with two attached hydrogens (primary N) is 1. The van der Waals surface area contributed by atoms with Gasteiger partial charge in [-0.1, -0.05) is 0 Å². The summed E-state index contributed by atoms with van der Waals surface area (Å²) in [5.74, 6) is 0.250. The first-order valence-corrected chi connectivity index (χ1v) is 7.09. The zero-order valence-electron chi connectivity index (χ0n) is 10.3. The van der Waals surface area contributed by atoms with Crippen molar-refractivity contribution >= 4 is 39.4 Å². The molecule has 8 nitrogen and oxygen atoms in total. The van der Waals surface area contributed by atoms with Gasteiger partial charge in [-0.05, 0) is 22.6 Å². The van der Waals surface area contributed by atoms with Crippen LogP contribution in [0.2, 0.25) is 0 Å². The molecule has 108 valence electrons. The minimum atomic E-state index is -0.751. The van der Waals surface area contributed by atoms with Crippen LogP contribution < -0.4 is 11.4 Å². The molecule has 5 N–H and O–H groups in total. The summed E-state index contributed by atoms with van der Waals surface area (Å²) >= 11 is 2.09. The lowest BCUT2D eigenvalue weighted by Gasteiger charge is -2.14. The van der Waals surface area contributed by atoms with Gasteiger partial charge in [0.1, 0.15) is 18.1 Å². The van der Waals surface area contributed by atoms with E-state index in [1.807, 2.05) is 0 Å². The second-order valence-electron chi connectivity index (χ2n) is 4.65. The van der Waals surface area contributed by atoms with Gasteiger partial charge < -0.3 is 25.3 Å². The maximum atomic E-state index is 11.5. The molecule has 0 amide bonds. The van der Waals surface area contributed by atoms with Crippen LogP contribution in [0.5, 0.6) is 0 Å². The van der Waals surface area contributed by atoms with Crippen molar-refractivity contribution in [3.63, 3.8) is 0 Å². The maximum absolute atomic E-state index is 11.5. The van der Waals surface area contributed by atoms with Crippen molar-refractivity contribution in [2.45, 2.75) is 24.9 Å². The lowest BCUT2D eigenvalue weighted by molar-refractivity contribution is -0.0430. The normalized spacial score (nSPS) is 26.4. The number of aliphatic hydroxyl groups is 2. The van der Waals surface area contributed by atoms with Gasteiger partial charge in [0.05, 0.1) is 18.1 Å². The fourth-order valence-electron chi connectivity index (χ4n) is 2.42. The number of H-pyrrole nitrogens is 1. The third-order valence-electron chi connectivity index (χ3n) is 3.37. The summed E-state index contributed by atoms with van der Waals surface area (Å²) in [6, 6.07) is 0. The van der Waals surface area contributed by atoms with Crippen molar-refractivity contribution in [3.05, 3.63) is 20.3 Å². The van der Waals surface area contributed by atoms with Gasteiger partial charge in [-0.3, -0.25) is 4.98 Å². The van der Waals surface area contributed by atoms with Crippen LogP contribution in [0, 0.1) is 3.57 Å². The average molecular weight is 392 g/mol. The Morgan fingerprint density at radius 3 is 3.05 bits per heavy atom. The number of hydrogen-bond donors (Lipinski definition) is 4. The van der Waals surface area contributed by atoms with Gasteiger partial charge >= 0.3 is 5.69 Å². The van der Waals surface area contributed by atoms with Crippen molar-refractivity contribution in [2.24, 2.45) is 0 Å². The van der Waals surface area contributed by atoms with Gasteiger partial charge in [-0.2, -0.15) is 4.98 Å². The van der Waals surface area contributed by atoms with E-state index in [2.05, 4.69) is 32.6 Å². The molecule has 0 aliphatic carbocycles. The van der Waals surface area contributed by atoms with E-state index >= 15 is 0 Å². The van der Waals surface area contributed by atoms with E-state index in [9.17, 15) is 9.90 Å². The molecule has 0 spiro atoms. The molecule has 2 aromatic heterocycles. The highest BCUT2D eigenvalue weighted by Gasteiger charge is 2.35. The fraction of sp³-hybridized carbons (Fsp3) is 0.455. The summed E-state index contributed by atoms with van der Waals surface area (Å²) in [7, 11) is 0. The van der Waals surface area contributed by atoms with E-state index in [0.29, 0.717) is 17.5 Å². The van der Waals surface area contributed by atoms with Gasteiger partial charge in [0.2, 0.25) is 0 Å². The number of aliphatic hydroxyl groups excluding tert-OH is 2. The molecule has 0 radical (unpaired) electrons. The first kappa shape index (κ1) is 13.8. The Morgan fingerprint density at radius 2 is 2.40 bits per heavy atom. The molecular weight excluding hydrogens is 379 g/mol. The van der Waals surface area contributed by atoms with Gasteiger partial charge in [0.15, 0.2) is 5.65 Å². The standard InChI is InChI=1S/C11H13IN4O4/c12-4-2-16(7-1-5(18)6(3-17)20-7)10-8(4)9(13)14-11(19)15-10/h2,5-7,17-18H,1,3H2,(H3,13,14,15,19)/t5?,6-,7-/m1/s1. The van der Waals surface area contributed by atoms with Crippen LogP contribution in [0.1, 0.15) is 12.6 Å². The molecule has 9 heteroatoms. The van der Waals surface area contributed by atoms with Gasteiger partial charge in [0, 0.05) is 16.2 Å². The second-order valence-corrected chi connectivity index (χ2v) is 5.82. The van der Waals surface area contributed by atoms with Crippen molar-refractivity contribution in [2.75, 3.05) is 12.3 Å². The highest BCUT2D eigenvalue weighted by molar-refractivity contribution is 14.1. The zero-order valence-corrected chi connectivity index (χ0v) is 12.4. The number of anilines is 1. The molecule has 2 aromatic rings. The lowest BCUT2D eigenvalue weighted by Crippen LogP contribution is -2.24. The highest BCUT2D eigenvalue weighted by atomic mass is 127. The van der Waals surface area contributed by atoms with E-state index in [4.69, 9.17) is 15.6 Å². The number of ether oxygens (including phenoxy) is 1. The molecule has 20 heavy (non-hydrogen) atoms. The number of fused-ring (bicyclic) bond motifs is 1. The number of aromatic amines is 1. The number of rotatable bonds is 2. The summed E-state index contributed by atoms with van der Waals surface area (Å²) in [4.78, 5) is 17.8. The monoisotopic (exact) mass is 392 g/mol. The summed E-state index contributed by atoms with van der Waals surface area (Å²) in [5, 5.41) is 19.6. The van der Waals surface area contributed by atoms with Crippen molar-refractivity contribution < 1.29 is 14.9 Å². The number of nitrogen functional groups attached to an aromatic ring is 1. The molecule has 0 saturated carbocycles. The molecule has 3 heterocycles. The molecule has 0 bridgehead atoms. The SMILES string of the molecule is Nc1[nH]c(=O)nc2c1c(I)cn2[C@H]1CC(O)[C@@H](CO)O1. The van der Waals surface area contributed by atoms with Crippen LogP contribution in [0.25, 0.3) is 11.0 Å². The Kier molecular flexibility index (Phi) is 3.44. The van der Waals surface area contributed by atoms with E-state index in [0.717, 1.165) is 3.57 Å². The Labute approximate surface area is 126 Å². The number of nitrogens with one attached hydrogen (secondary N) is 1. The van der Waals surface area contributed by atoms with Gasteiger partial charge in [0.25, 0.3) is 0 Å². The topological polar surface area (TPSA) is 126 Å². The van der Waals surface area contributed by atoms with Crippen LogP contribution in [0.4, 0.5) is 5.82 Å². The predicted molar refractivity (Wildman–Crippen MR) is 79.1 cm³/mol. The number of halogens is 1. The zero-order chi connectivity index (χ0) is 14.4. The highest BCUT2D eigenvalue weighted by Crippen LogP contribution is 2.34. The third-order valence-corrected chi connectivity index (χ3v) is 4.19. The van der Waals surface area contributed by atoms with Gasteiger partial charge in [-0.25, -0.2) is 4.79 Å². The minimum Gasteiger partial charge on any atom is -0.394 e. The lowest BCUT2D eigenvalue weighted by atomic mass is 10.2. The van der Waals surface area contributed by atoms with E-state index in [1.165, 1.54) is 0 Å². The van der Waals surface area contributed by atoms with Crippen LogP contribution in [0.3, 0.4) is 0 Å². The average Bonchev–Trinajstić information content (AvgIpc) is 2.90. The third kappa shape index (κ3) is 2.10. The van der Waals surface area contributed by atoms with Crippen LogP contribution in [0.15, 0.2) is 11.0 Å². The molecule has 3 atom stereocenters. The molecule has 1 unspecified atom stereocenters. The second kappa shape index (κ2) is 4.98. The van der Waals surface area contributed by atoms with Crippen LogP contribution in [-0.2, 0) is 4.74 Å². The molecule has 0 aromatic carbocycles. The van der Waals surface area contributed by atoms with Crippen molar-refractivity contribution in [1.82, 2.24) is 14.5 Å². The van der Waals surface area contributed by atoms with Crippen LogP contribution in [-0.4, -0.2) is 43.6 Å². The number of aromatic nitrogens is 3. The van der Waals surface area contributed by atoms with E-state index in [-0.39, 0.29) is 12.4 Å². The van der Waals surface area contributed by atoms with Crippen LogP contribution >= 0.6 is 22.6 Å². The first-order valence-electron chi connectivity index (χ1n) is 6.01. The predicted octanol–water partition coefficient (Wildman–Crippen LogP) is -0.448. The van der Waals surface area contributed by atoms with Gasteiger partial charge in [-0.15, -0.1) is 0 Å². The molecule has 1 fully saturated rings. The molecular formula is C11H13IN4O4. The van der Waals surface area contributed by atoms with E-state index < -0.39 is 24.1 Å². The Bertz CT molecular complexity index is 712. The smallest absolute Gasteiger partial charge is 0.348 e. The molecule has 1 aliphatic heterocycles. The maximum Gasteiger partial charge on any atom is 0.348 e. The number of hydrogen-bond acceptors (Lipinski definition) is 6. The van der Waals surface area contributed by atoms with Crippen molar-refractivity contribution in [3.8, 4) is 0 Å².